The summed E-state index contributed by atoms with van der Waals surface area (Å²) in [7, 11) is 0. The van der Waals surface area contributed by atoms with Crippen LogP contribution in [0.4, 0.5) is 0 Å². The first kappa shape index (κ1) is 24.6. The van der Waals surface area contributed by atoms with Gasteiger partial charge in [-0.05, 0) is 52.2 Å². The van der Waals surface area contributed by atoms with E-state index in [9.17, 15) is 4.79 Å². The molecular formula is C28H37NO2. The van der Waals surface area contributed by atoms with Gasteiger partial charge in [0.05, 0.1) is 5.92 Å². The van der Waals surface area contributed by atoms with Gasteiger partial charge in [-0.25, -0.2) is 0 Å². The Morgan fingerprint density at radius 3 is 2.10 bits per heavy atom. The number of nitrogens with zero attached hydrogens (tertiary/aromatic N) is 1. The Kier molecular flexibility index (Phi) is 8.82. The largest absolute Gasteiger partial charge is 0.460 e. The van der Waals surface area contributed by atoms with E-state index < -0.39 is 5.60 Å². The molecule has 31 heavy (non-hydrogen) atoms. The van der Waals surface area contributed by atoms with Crippen LogP contribution >= 0.6 is 0 Å². The fraction of sp³-hybridized carbons (Fsp3) is 0.393. The van der Waals surface area contributed by atoms with E-state index >= 15 is 0 Å². The SMILES string of the molecule is C=CC[C@H](C(=O)OC(C)(C)C)[C@H](C(=C)C)N(Cc1ccccc1)[C@@H](C)c1ccccc1. The van der Waals surface area contributed by atoms with E-state index in [1.54, 1.807) is 6.08 Å². The van der Waals surface area contributed by atoms with E-state index in [1.165, 1.54) is 11.1 Å². The van der Waals surface area contributed by atoms with Gasteiger partial charge in [-0.1, -0.05) is 78.9 Å². The summed E-state index contributed by atoms with van der Waals surface area (Å²) in [5, 5.41) is 0. The van der Waals surface area contributed by atoms with Gasteiger partial charge in [0, 0.05) is 18.6 Å². The third-order valence-corrected chi connectivity index (χ3v) is 5.36. The van der Waals surface area contributed by atoms with Crippen LogP contribution in [0.2, 0.25) is 0 Å². The van der Waals surface area contributed by atoms with E-state index in [4.69, 9.17) is 4.74 Å². The standard InChI is InChI=1S/C28H37NO2/c1-8-15-25(27(30)31-28(5,6)7)26(21(2)3)29(20-23-16-11-9-12-17-23)22(4)24-18-13-10-14-19-24/h8-14,16-19,22,25-26H,1-2,15,20H2,3-7H3/t22-,25-,26-/m0/s1. The Balaban J connectivity index is 2.51. The topological polar surface area (TPSA) is 29.5 Å². The number of hydrogen-bond acceptors (Lipinski definition) is 3. The second-order valence-electron chi connectivity index (χ2n) is 9.20. The molecule has 0 heterocycles. The summed E-state index contributed by atoms with van der Waals surface area (Å²) in [5.74, 6) is -0.595. The molecule has 0 saturated heterocycles. The number of carbonyl (C=O) groups is 1. The molecule has 3 nitrogen and oxygen atoms in total. The Bertz CT molecular complexity index is 852. The van der Waals surface area contributed by atoms with E-state index in [1.807, 2.05) is 52.0 Å². The van der Waals surface area contributed by atoms with Crippen LogP contribution in [0, 0.1) is 5.92 Å². The van der Waals surface area contributed by atoms with Crippen LogP contribution in [-0.4, -0.2) is 22.5 Å². The zero-order valence-electron chi connectivity index (χ0n) is 19.7. The van der Waals surface area contributed by atoms with Gasteiger partial charge in [0.25, 0.3) is 0 Å². The van der Waals surface area contributed by atoms with Gasteiger partial charge in [-0.15, -0.1) is 6.58 Å². The first-order valence-corrected chi connectivity index (χ1v) is 11.0. The summed E-state index contributed by atoms with van der Waals surface area (Å²) < 4.78 is 5.81. The Labute approximate surface area is 188 Å². The summed E-state index contributed by atoms with van der Waals surface area (Å²) in [4.78, 5) is 15.6. The lowest BCUT2D eigenvalue weighted by Gasteiger charge is -2.41. The number of ether oxygens (including phenoxy) is 1. The van der Waals surface area contributed by atoms with Crippen LogP contribution in [-0.2, 0) is 16.1 Å². The zero-order chi connectivity index (χ0) is 23.0. The molecule has 3 heteroatoms. The summed E-state index contributed by atoms with van der Waals surface area (Å²) in [6, 6.07) is 20.6. The molecule has 0 spiro atoms. The summed E-state index contributed by atoms with van der Waals surface area (Å²) >= 11 is 0. The molecule has 0 N–H and O–H groups in total. The molecule has 0 bridgehead atoms. The highest BCUT2D eigenvalue weighted by Crippen LogP contribution is 2.33. The van der Waals surface area contributed by atoms with Gasteiger partial charge in [0.1, 0.15) is 5.60 Å². The first-order chi connectivity index (χ1) is 14.6. The van der Waals surface area contributed by atoms with Crippen LogP contribution in [0.1, 0.15) is 58.2 Å². The van der Waals surface area contributed by atoms with E-state index in [0.717, 1.165) is 5.57 Å². The number of esters is 1. The molecule has 0 aliphatic heterocycles. The molecule has 0 fully saturated rings. The van der Waals surface area contributed by atoms with Crippen molar-refractivity contribution in [2.75, 3.05) is 0 Å². The maximum atomic E-state index is 13.3. The van der Waals surface area contributed by atoms with Crippen molar-refractivity contribution in [1.29, 1.82) is 0 Å². The highest BCUT2D eigenvalue weighted by atomic mass is 16.6. The van der Waals surface area contributed by atoms with E-state index in [-0.39, 0.29) is 24.0 Å². The van der Waals surface area contributed by atoms with Crippen molar-refractivity contribution >= 4 is 5.97 Å². The highest BCUT2D eigenvalue weighted by Gasteiger charge is 2.37. The lowest BCUT2D eigenvalue weighted by molar-refractivity contribution is -0.162. The predicted molar refractivity (Wildman–Crippen MR) is 130 cm³/mol. The minimum absolute atomic E-state index is 0.0814. The second kappa shape index (κ2) is 11.1. The van der Waals surface area contributed by atoms with Crippen LogP contribution in [0.15, 0.2) is 85.5 Å². The summed E-state index contributed by atoms with van der Waals surface area (Å²) in [6.07, 6.45) is 2.33. The van der Waals surface area contributed by atoms with Gasteiger partial charge < -0.3 is 4.74 Å². The molecule has 0 aromatic heterocycles. The molecule has 2 aromatic rings. The molecule has 2 rings (SSSR count). The maximum Gasteiger partial charge on any atom is 0.311 e. The van der Waals surface area contributed by atoms with Crippen molar-refractivity contribution in [3.63, 3.8) is 0 Å². The van der Waals surface area contributed by atoms with Crippen molar-refractivity contribution in [3.05, 3.63) is 96.6 Å². The lowest BCUT2D eigenvalue weighted by Crippen LogP contribution is -2.46. The van der Waals surface area contributed by atoms with Crippen LogP contribution < -0.4 is 0 Å². The monoisotopic (exact) mass is 419 g/mol. The van der Waals surface area contributed by atoms with Crippen LogP contribution in [0.3, 0.4) is 0 Å². The minimum atomic E-state index is -0.550. The molecule has 3 atom stereocenters. The zero-order valence-corrected chi connectivity index (χ0v) is 19.7. The van der Waals surface area contributed by atoms with Gasteiger partial charge in [0.15, 0.2) is 0 Å². The molecule has 0 unspecified atom stereocenters. The van der Waals surface area contributed by atoms with Gasteiger partial charge in [-0.2, -0.15) is 0 Å². The number of rotatable bonds is 10. The van der Waals surface area contributed by atoms with Crippen molar-refractivity contribution in [1.82, 2.24) is 4.90 Å². The van der Waals surface area contributed by atoms with E-state index in [2.05, 4.69) is 61.4 Å². The van der Waals surface area contributed by atoms with Gasteiger partial charge in [-0.3, -0.25) is 9.69 Å². The molecule has 2 aromatic carbocycles. The number of hydrogen-bond donors (Lipinski definition) is 0. The first-order valence-electron chi connectivity index (χ1n) is 11.0. The second-order valence-corrected chi connectivity index (χ2v) is 9.20. The third kappa shape index (κ3) is 7.22. The van der Waals surface area contributed by atoms with Crippen LogP contribution in [0.5, 0.6) is 0 Å². The van der Waals surface area contributed by atoms with Crippen molar-refractivity contribution in [3.8, 4) is 0 Å². The fourth-order valence-corrected chi connectivity index (χ4v) is 3.96. The molecule has 166 valence electrons. The average molecular weight is 420 g/mol. The maximum absolute atomic E-state index is 13.3. The molecule has 0 radical (unpaired) electrons. The minimum Gasteiger partial charge on any atom is -0.460 e. The predicted octanol–water partition coefficient (Wildman–Crippen LogP) is 6.73. The Morgan fingerprint density at radius 2 is 1.61 bits per heavy atom. The smallest absolute Gasteiger partial charge is 0.311 e. The Hall–Kier alpha value is -2.65. The van der Waals surface area contributed by atoms with E-state index in [0.29, 0.717) is 13.0 Å². The summed E-state index contributed by atoms with van der Waals surface area (Å²) in [6.45, 7) is 18.8. The van der Waals surface area contributed by atoms with Crippen LogP contribution in [0.25, 0.3) is 0 Å². The molecule has 0 aliphatic carbocycles. The lowest BCUT2D eigenvalue weighted by atomic mass is 9.87. The normalized spacial score (nSPS) is 14.5. The van der Waals surface area contributed by atoms with Crippen molar-refractivity contribution < 1.29 is 9.53 Å². The molecule has 0 aliphatic rings. The quantitative estimate of drug-likeness (QED) is 0.316. The third-order valence-electron chi connectivity index (χ3n) is 5.36. The van der Waals surface area contributed by atoms with Gasteiger partial charge in [0.2, 0.25) is 0 Å². The molecular weight excluding hydrogens is 382 g/mol. The number of benzene rings is 2. The molecule has 0 saturated carbocycles. The molecule has 0 amide bonds. The summed E-state index contributed by atoms with van der Waals surface area (Å²) in [5.41, 5.74) is 2.78. The number of allylic oxidation sites excluding steroid dienone is 1. The van der Waals surface area contributed by atoms with Crippen molar-refractivity contribution in [2.24, 2.45) is 5.92 Å². The van der Waals surface area contributed by atoms with Crippen molar-refractivity contribution in [2.45, 2.75) is 65.3 Å². The highest BCUT2D eigenvalue weighted by molar-refractivity contribution is 5.74. The Morgan fingerprint density at radius 1 is 1.06 bits per heavy atom. The number of carbonyl (C=O) groups excluding carboxylic acids is 1. The average Bonchev–Trinajstić information content (AvgIpc) is 2.72. The fourth-order valence-electron chi connectivity index (χ4n) is 3.96. The van der Waals surface area contributed by atoms with Gasteiger partial charge >= 0.3 is 5.97 Å².